The van der Waals surface area contributed by atoms with Gasteiger partial charge in [0.2, 0.25) is 0 Å². The maximum Gasteiger partial charge on any atom is 0.308 e. The molecule has 1 aliphatic carbocycles. The molecule has 0 saturated heterocycles. The number of aliphatic hydroxyl groups excluding tert-OH is 2. The third kappa shape index (κ3) is 6.84. The molecule has 7 N–H and O–H groups in total. The number of aliphatic hydroxyl groups is 2. The number of fused-ring (bicyclic) bond motifs is 1. The first-order valence-corrected chi connectivity index (χ1v) is 11.9. The maximum absolute atomic E-state index is 12.2. The normalized spacial score (nSPS) is 19.9. The monoisotopic (exact) mass is 493 g/mol. The number of nitrogens with one attached hydrogen (secondary N) is 1. The Balaban J connectivity index is 1.66. The van der Waals surface area contributed by atoms with E-state index in [-0.39, 0.29) is 31.0 Å². The summed E-state index contributed by atoms with van der Waals surface area (Å²) in [5.74, 6) is 0.282. The molecule has 0 spiro atoms. The zero-order chi connectivity index (χ0) is 25.4. The second-order valence-corrected chi connectivity index (χ2v) is 8.65. The minimum absolute atomic E-state index is 0.100. The number of carbonyl (C=O) groups is 2. The molecule has 194 valence electrons. The highest BCUT2D eigenvalue weighted by atomic mass is 16.5. The maximum atomic E-state index is 12.2. The van der Waals surface area contributed by atoms with Crippen molar-refractivity contribution in [2.24, 2.45) is 17.6 Å². The van der Waals surface area contributed by atoms with Gasteiger partial charge in [-0.05, 0) is 38.5 Å². The first-order valence-electron chi connectivity index (χ1n) is 11.9. The van der Waals surface area contributed by atoms with Gasteiger partial charge in [0.25, 0.3) is 5.91 Å². The number of likely N-dealkylation sites (N-methyl/N-ethyl adjacent to an activating group) is 1. The SMILES string of the molecule is CCNC(=O)[C@@H](OCn1cnc2c(N)nc(CC3CCC(C(=O)OCCN)CC3)nc21)C(O)CO. The fourth-order valence-corrected chi connectivity index (χ4v) is 4.23. The van der Waals surface area contributed by atoms with E-state index in [0.717, 1.165) is 25.7 Å². The van der Waals surface area contributed by atoms with Gasteiger partial charge in [0, 0.05) is 19.5 Å². The summed E-state index contributed by atoms with van der Waals surface area (Å²) < 4.78 is 12.3. The summed E-state index contributed by atoms with van der Waals surface area (Å²) in [5.41, 5.74) is 12.4. The Bertz CT molecular complexity index is 992. The Kier molecular flexibility index (Phi) is 9.72. The number of nitrogen functional groups attached to an aromatic ring is 1. The van der Waals surface area contributed by atoms with Crippen LogP contribution in [-0.2, 0) is 32.2 Å². The minimum atomic E-state index is -1.38. The Hall–Kier alpha value is -2.87. The second-order valence-electron chi connectivity index (χ2n) is 8.65. The molecule has 13 nitrogen and oxygen atoms in total. The number of carbonyl (C=O) groups excluding carboxylic acids is 2. The van der Waals surface area contributed by atoms with Gasteiger partial charge in [-0.3, -0.25) is 14.2 Å². The summed E-state index contributed by atoms with van der Waals surface area (Å²) in [6.07, 6.45) is 2.60. The van der Waals surface area contributed by atoms with E-state index in [0.29, 0.717) is 42.4 Å². The van der Waals surface area contributed by atoms with Crippen molar-refractivity contribution in [1.29, 1.82) is 0 Å². The standard InChI is InChI=1S/C22H35N7O6/c1-2-25-21(32)18(15(31)10-30)35-12-29-11-26-17-19(24)27-16(28-20(17)29)9-13-3-5-14(6-4-13)22(33)34-8-7-23/h11,13-15,18,30-31H,2-10,12,23H2,1H3,(H,25,32)(H2,24,27,28)/t13?,14?,15?,18-/m0/s1. The van der Waals surface area contributed by atoms with Crippen molar-refractivity contribution < 1.29 is 29.3 Å². The zero-order valence-corrected chi connectivity index (χ0v) is 19.9. The van der Waals surface area contributed by atoms with Crippen molar-refractivity contribution in [3.63, 3.8) is 0 Å². The molecule has 3 rings (SSSR count). The van der Waals surface area contributed by atoms with Crippen molar-refractivity contribution in [2.75, 3.05) is 32.0 Å². The number of esters is 1. The third-order valence-corrected chi connectivity index (χ3v) is 6.09. The summed E-state index contributed by atoms with van der Waals surface area (Å²) in [7, 11) is 0. The topological polar surface area (TPSA) is 201 Å². The van der Waals surface area contributed by atoms with E-state index in [9.17, 15) is 19.8 Å². The molecular weight excluding hydrogens is 458 g/mol. The van der Waals surface area contributed by atoms with Crippen molar-refractivity contribution >= 4 is 28.9 Å². The van der Waals surface area contributed by atoms with Crippen molar-refractivity contribution in [3.05, 3.63) is 12.2 Å². The molecule has 1 aliphatic rings. The van der Waals surface area contributed by atoms with Crippen LogP contribution in [0.3, 0.4) is 0 Å². The summed E-state index contributed by atoms with van der Waals surface area (Å²) in [6, 6.07) is 0. The third-order valence-electron chi connectivity index (χ3n) is 6.09. The molecule has 1 saturated carbocycles. The lowest BCUT2D eigenvalue weighted by Crippen LogP contribution is -2.45. The molecule has 0 aromatic carbocycles. The van der Waals surface area contributed by atoms with Gasteiger partial charge in [-0.1, -0.05) is 0 Å². The lowest BCUT2D eigenvalue weighted by atomic mass is 9.80. The van der Waals surface area contributed by atoms with Gasteiger partial charge >= 0.3 is 5.97 Å². The predicted octanol–water partition coefficient (Wildman–Crippen LogP) is -0.909. The fourth-order valence-electron chi connectivity index (χ4n) is 4.23. The lowest BCUT2D eigenvalue weighted by Gasteiger charge is -2.26. The molecule has 0 aliphatic heterocycles. The number of imidazole rings is 1. The van der Waals surface area contributed by atoms with E-state index in [1.165, 1.54) is 6.33 Å². The van der Waals surface area contributed by atoms with E-state index >= 15 is 0 Å². The van der Waals surface area contributed by atoms with Gasteiger partial charge in [-0.25, -0.2) is 15.0 Å². The Morgan fingerprint density at radius 3 is 2.69 bits per heavy atom. The number of nitrogens with two attached hydrogens (primary N) is 2. The van der Waals surface area contributed by atoms with E-state index in [2.05, 4.69) is 20.3 Å². The number of aromatic nitrogens is 4. The average molecular weight is 494 g/mol. The van der Waals surface area contributed by atoms with Crippen LogP contribution in [0.25, 0.3) is 11.2 Å². The Morgan fingerprint density at radius 2 is 2.03 bits per heavy atom. The van der Waals surface area contributed by atoms with Gasteiger partial charge in [-0.15, -0.1) is 0 Å². The molecule has 1 amide bonds. The van der Waals surface area contributed by atoms with Crippen LogP contribution in [0.15, 0.2) is 6.33 Å². The number of ether oxygens (including phenoxy) is 2. The Labute approximate surface area is 203 Å². The average Bonchev–Trinajstić information content (AvgIpc) is 3.26. The number of hydrogen-bond acceptors (Lipinski definition) is 11. The first-order chi connectivity index (χ1) is 16.9. The molecule has 2 atom stereocenters. The van der Waals surface area contributed by atoms with Gasteiger partial charge in [-0.2, -0.15) is 0 Å². The van der Waals surface area contributed by atoms with Crippen LogP contribution in [0.5, 0.6) is 0 Å². The summed E-state index contributed by atoms with van der Waals surface area (Å²) in [5, 5.41) is 21.8. The molecule has 2 aromatic rings. The minimum Gasteiger partial charge on any atom is -0.464 e. The molecule has 2 heterocycles. The predicted molar refractivity (Wildman–Crippen MR) is 126 cm³/mol. The number of amides is 1. The molecule has 1 fully saturated rings. The van der Waals surface area contributed by atoms with Crippen molar-refractivity contribution in [1.82, 2.24) is 24.8 Å². The van der Waals surface area contributed by atoms with Crippen molar-refractivity contribution in [2.45, 2.75) is 58.0 Å². The Morgan fingerprint density at radius 1 is 1.29 bits per heavy atom. The van der Waals surface area contributed by atoms with Gasteiger partial charge < -0.3 is 36.5 Å². The van der Waals surface area contributed by atoms with Crippen LogP contribution < -0.4 is 16.8 Å². The van der Waals surface area contributed by atoms with Crippen molar-refractivity contribution in [3.8, 4) is 0 Å². The molecular formula is C22H35N7O6. The second kappa shape index (κ2) is 12.7. The highest BCUT2D eigenvalue weighted by Crippen LogP contribution is 2.31. The van der Waals surface area contributed by atoms with E-state index in [4.69, 9.17) is 20.9 Å². The smallest absolute Gasteiger partial charge is 0.308 e. The van der Waals surface area contributed by atoms with Gasteiger partial charge in [0.05, 0.1) is 18.9 Å². The number of rotatable bonds is 12. The van der Waals surface area contributed by atoms with E-state index < -0.39 is 24.7 Å². The van der Waals surface area contributed by atoms with Gasteiger partial charge in [0.15, 0.2) is 17.6 Å². The quantitative estimate of drug-likeness (QED) is 0.229. The van der Waals surface area contributed by atoms with E-state index in [1.807, 2.05) is 0 Å². The molecule has 35 heavy (non-hydrogen) atoms. The number of nitrogens with zero attached hydrogens (tertiary/aromatic N) is 4. The fraction of sp³-hybridized carbons (Fsp3) is 0.682. The van der Waals surface area contributed by atoms with Gasteiger partial charge in [0.1, 0.15) is 30.8 Å². The lowest BCUT2D eigenvalue weighted by molar-refractivity contribution is -0.149. The summed E-state index contributed by atoms with van der Waals surface area (Å²) >= 11 is 0. The van der Waals surface area contributed by atoms with Crippen LogP contribution in [0, 0.1) is 11.8 Å². The van der Waals surface area contributed by atoms with E-state index in [1.54, 1.807) is 11.5 Å². The molecule has 1 unspecified atom stereocenters. The highest BCUT2D eigenvalue weighted by molar-refractivity contribution is 5.82. The molecule has 2 aromatic heterocycles. The van der Waals surface area contributed by atoms with Crippen LogP contribution in [0.2, 0.25) is 0 Å². The van der Waals surface area contributed by atoms with Crippen LogP contribution in [0.1, 0.15) is 38.4 Å². The van der Waals surface area contributed by atoms with Crippen LogP contribution >= 0.6 is 0 Å². The van der Waals surface area contributed by atoms with Crippen LogP contribution in [0.4, 0.5) is 5.82 Å². The number of anilines is 1. The first kappa shape index (κ1) is 26.7. The highest BCUT2D eigenvalue weighted by Gasteiger charge is 2.29. The molecule has 0 bridgehead atoms. The number of hydrogen-bond donors (Lipinski definition) is 5. The molecule has 0 radical (unpaired) electrons. The van der Waals surface area contributed by atoms with Crippen LogP contribution in [-0.4, -0.2) is 80.1 Å². The summed E-state index contributed by atoms with van der Waals surface area (Å²) in [6.45, 7) is 1.89. The molecule has 13 heteroatoms. The largest absolute Gasteiger partial charge is 0.464 e. The zero-order valence-electron chi connectivity index (χ0n) is 19.9. The summed E-state index contributed by atoms with van der Waals surface area (Å²) in [4.78, 5) is 37.5.